The maximum absolute atomic E-state index is 12.5. The third-order valence-corrected chi connectivity index (χ3v) is 4.84. The van der Waals surface area contributed by atoms with Gasteiger partial charge in [-0.2, -0.15) is 0 Å². The topological polar surface area (TPSA) is 55.4 Å². The zero-order valence-corrected chi connectivity index (χ0v) is 14.4. The highest BCUT2D eigenvalue weighted by Crippen LogP contribution is 2.36. The number of anilines is 1. The van der Waals surface area contributed by atoms with Gasteiger partial charge in [0.1, 0.15) is 10.6 Å². The van der Waals surface area contributed by atoms with E-state index in [1.807, 2.05) is 24.3 Å². The summed E-state index contributed by atoms with van der Waals surface area (Å²) in [5.41, 5.74) is 0.726. The van der Waals surface area contributed by atoms with E-state index in [0.29, 0.717) is 21.2 Å². The molecule has 0 aliphatic carbocycles. The number of rotatable bonds is 4. The molecule has 2 aromatic carbocycles. The van der Waals surface area contributed by atoms with Crippen molar-refractivity contribution < 1.29 is 14.3 Å². The van der Waals surface area contributed by atoms with Gasteiger partial charge < -0.3 is 10.1 Å². The molecule has 1 heterocycles. The average Bonchev–Trinajstić information content (AvgIpc) is 2.93. The summed E-state index contributed by atoms with van der Waals surface area (Å²) in [7, 11) is 0. The van der Waals surface area contributed by atoms with Crippen LogP contribution in [-0.2, 0) is 4.74 Å². The van der Waals surface area contributed by atoms with E-state index < -0.39 is 5.97 Å². The van der Waals surface area contributed by atoms with Crippen LogP contribution >= 0.6 is 22.9 Å². The number of carbonyl (C=O) groups is 2. The maximum Gasteiger partial charge on any atom is 0.341 e. The lowest BCUT2D eigenvalue weighted by Gasteiger charge is -2.07. The smallest absolute Gasteiger partial charge is 0.341 e. The Labute approximate surface area is 148 Å². The van der Waals surface area contributed by atoms with Crippen LogP contribution in [0.15, 0.2) is 48.5 Å². The molecule has 0 atom stereocenters. The first-order valence-electron chi connectivity index (χ1n) is 7.36. The van der Waals surface area contributed by atoms with Gasteiger partial charge in [-0.05, 0) is 25.1 Å². The minimum Gasteiger partial charge on any atom is -0.462 e. The van der Waals surface area contributed by atoms with Gasteiger partial charge in [-0.1, -0.05) is 41.9 Å². The molecule has 6 heteroatoms. The van der Waals surface area contributed by atoms with Crippen molar-refractivity contribution in [3.8, 4) is 0 Å². The Morgan fingerprint density at radius 3 is 2.58 bits per heavy atom. The van der Waals surface area contributed by atoms with Crippen LogP contribution in [0.1, 0.15) is 27.6 Å². The molecule has 0 aliphatic heterocycles. The molecule has 3 rings (SSSR count). The number of fused-ring (bicyclic) bond motifs is 1. The number of ether oxygens (including phenoxy) is 1. The van der Waals surface area contributed by atoms with Crippen molar-refractivity contribution >= 4 is 49.9 Å². The van der Waals surface area contributed by atoms with Crippen molar-refractivity contribution in [1.29, 1.82) is 0 Å². The lowest BCUT2D eigenvalue weighted by molar-refractivity contribution is 0.0530. The van der Waals surface area contributed by atoms with E-state index >= 15 is 0 Å². The first-order chi connectivity index (χ1) is 11.6. The van der Waals surface area contributed by atoms with Crippen LogP contribution < -0.4 is 5.32 Å². The molecule has 0 spiro atoms. The van der Waals surface area contributed by atoms with Crippen molar-refractivity contribution in [2.45, 2.75) is 6.92 Å². The lowest BCUT2D eigenvalue weighted by Crippen LogP contribution is -2.14. The number of halogens is 1. The third kappa shape index (κ3) is 3.13. The average molecular weight is 360 g/mol. The zero-order valence-electron chi connectivity index (χ0n) is 12.8. The Kier molecular flexibility index (Phi) is 4.83. The predicted molar refractivity (Wildman–Crippen MR) is 97.2 cm³/mol. The highest BCUT2D eigenvalue weighted by molar-refractivity contribution is 7.23. The van der Waals surface area contributed by atoms with E-state index in [2.05, 4.69) is 5.32 Å². The van der Waals surface area contributed by atoms with Crippen molar-refractivity contribution in [3.63, 3.8) is 0 Å². The van der Waals surface area contributed by atoms with Gasteiger partial charge in [0.2, 0.25) is 0 Å². The minimum atomic E-state index is -0.454. The molecular formula is C18H14ClNO3S. The summed E-state index contributed by atoms with van der Waals surface area (Å²) < 4.78 is 6.03. The summed E-state index contributed by atoms with van der Waals surface area (Å²) >= 11 is 7.40. The van der Waals surface area contributed by atoms with Gasteiger partial charge >= 0.3 is 5.97 Å². The van der Waals surface area contributed by atoms with Crippen molar-refractivity contribution in [2.24, 2.45) is 0 Å². The molecule has 0 saturated carbocycles. The number of benzene rings is 2. The van der Waals surface area contributed by atoms with Crippen LogP contribution in [0.4, 0.5) is 5.00 Å². The number of amides is 1. The van der Waals surface area contributed by atoms with Crippen molar-refractivity contribution in [3.05, 3.63) is 64.7 Å². The van der Waals surface area contributed by atoms with E-state index in [4.69, 9.17) is 16.3 Å². The standard InChI is InChI=1S/C18H14ClNO3S/c1-2-23-18(22)15-12-8-4-6-10-14(12)24-17(15)20-16(21)11-7-3-5-9-13(11)19/h3-10H,2H2,1H3,(H,20,21). The molecular weight excluding hydrogens is 346 g/mol. The molecule has 0 bridgehead atoms. The molecule has 0 saturated heterocycles. The summed E-state index contributed by atoms with van der Waals surface area (Å²) in [4.78, 5) is 24.8. The summed E-state index contributed by atoms with van der Waals surface area (Å²) in [5, 5.41) is 4.36. The Hall–Kier alpha value is -2.37. The highest BCUT2D eigenvalue weighted by Gasteiger charge is 2.22. The Bertz CT molecular complexity index is 920. The number of thiophene rings is 1. The largest absolute Gasteiger partial charge is 0.462 e. The van der Waals surface area contributed by atoms with Crippen LogP contribution in [0.3, 0.4) is 0 Å². The molecule has 1 aromatic heterocycles. The van der Waals surface area contributed by atoms with E-state index in [1.165, 1.54) is 11.3 Å². The maximum atomic E-state index is 12.5. The van der Waals surface area contributed by atoms with E-state index in [1.54, 1.807) is 31.2 Å². The van der Waals surface area contributed by atoms with Gasteiger partial charge in [0.15, 0.2) is 0 Å². The van der Waals surface area contributed by atoms with Crippen LogP contribution in [0, 0.1) is 0 Å². The molecule has 0 unspecified atom stereocenters. The molecule has 0 aliphatic rings. The minimum absolute atomic E-state index is 0.265. The quantitative estimate of drug-likeness (QED) is 0.668. The molecule has 1 N–H and O–H groups in total. The van der Waals surface area contributed by atoms with Gasteiger partial charge in [-0.25, -0.2) is 4.79 Å². The molecule has 122 valence electrons. The van der Waals surface area contributed by atoms with E-state index in [-0.39, 0.29) is 12.5 Å². The van der Waals surface area contributed by atoms with Gasteiger partial charge in [-0.3, -0.25) is 4.79 Å². The Morgan fingerprint density at radius 1 is 1.12 bits per heavy atom. The fourth-order valence-electron chi connectivity index (χ4n) is 2.36. The van der Waals surface area contributed by atoms with Gasteiger partial charge in [0.25, 0.3) is 5.91 Å². The normalized spacial score (nSPS) is 10.6. The summed E-state index contributed by atoms with van der Waals surface area (Å²) in [6.07, 6.45) is 0. The van der Waals surface area contributed by atoms with E-state index in [9.17, 15) is 9.59 Å². The zero-order chi connectivity index (χ0) is 17.1. The molecule has 3 aromatic rings. The van der Waals surface area contributed by atoms with Crippen molar-refractivity contribution in [2.75, 3.05) is 11.9 Å². The number of hydrogen-bond acceptors (Lipinski definition) is 4. The fraction of sp³-hybridized carbons (Fsp3) is 0.111. The Balaban J connectivity index is 2.03. The van der Waals surface area contributed by atoms with Gasteiger partial charge in [0, 0.05) is 10.1 Å². The molecule has 0 fully saturated rings. The van der Waals surface area contributed by atoms with Crippen LogP contribution in [0.25, 0.3) is 10.1 Å². The lowest BCUT2D eigenvalue weighted by atomic mass is 10.1. The number of carbonyl (C=O) groups excluding carboxylic acids is 2. The van der Waals surface area contributed by atoms with Crippen molar-refractivity contribution in [1.82, 2.24) is 0 Å². The Morgan fingerprint density at radius 2 is 1.83 bits per heavy atom. The first kappa shape index (κ1) is 16.5. The van der Waals surface area contributed by atoms with Gasteiger partial charge in [-0.15, -0.1) is 11.3 Å². The fourth-order valence-corrected chi connectivity index (χ4v) is 3.66. The second kappa shape index (κ2) is 7.03. The molecule has 1 amide bonds. The summed E-state index contributed by atoms with van der Waals surface area (Å²) in [6.45, 7) is 2.01. The summed E-state index contributed by atoms with van der Waals surface area (Å²) in [6, 6.07) is 14.2. The number of esters is 1. The third-order valence-electron chi connectivity index (χ3n) is 3.42. The molecule has 24 heavy (non-hydrogen) atoms. The second-order valence-corrected chi connectivity index (χ2v) is 6.42. The first-order valence-corrected chi connectivity index (χ1v) is 8.55. The molecule has 4 nitrogen and oxygen atoms in total. The van der Waals surface area contributed by atoms with Crippen LogP contribution in [0.2, 0.25) is 5.02 Å². The summed E-state index contributed by atoms with van der Waals surface area (Å²) in [5.74, 6) is -0.817. The number of nitrogens with one attached hydrogen (secondary N) is 1. The predicted octanol–water partition coefficient (Wildman–Crippen LogP) is 4.98. The monoisotopic (exact) mass is 359 g/mol. The van der Waals surface area contributed by atoms with Crippen LogP contribution in [0.5, 0.6) is 0 Å². The SMILES string of the molecule is CCOC(=O)c1c(NC(=O)c2ccccc2Cl)sc2ccccc12. The number of hydrogen-bond donors (Lipinski definition) is 1. The highest BCUT2D eigenvalue weighted by atomic mass is 35.5. The second-order valence-electron chi connectivity index (χ2n) is 4.96. The van der Waals surface area contributed by atoms with Gasteiger partial charge in [0.05, 0.1) is 17.2 Å². The van der Waals surface area contributed by atoms with E-state index in [0.717, 1.165) is 10.1 Å². The molecule has 0 radical (unpaired) electrons. The van der Waals surface area contributed by atoms with Crippen LogP contribution in [-0.4, -0.2) is 18.5 Å².